The highest BCUT2D eigenvalue weighted by Crippen LogP contribution is 2.32. The molecule has 2 aromatic carbocycles. The standard InChI is InChI=1S/C16H16N2O5/c1-10-12(7-5-8-13(10)18(20)21)17-16(19)11-6-4-9-14(22-2)15(11)23-3/h4-9H,1-3H3,(H,17,19). The summed E-state index contributed by atoms with van der Waals surface area (Å²) in [6, 6.07) is 9.43. The van der Waals surface area contributed by atoms with Crippen LogP contribution in [0.2, 0.25) is 0 Å². The summed E-state index contributed by atoms with van der Waals surface area (Å²) >= 11 is 0. The molecule has 0 aromatic heterocycles. The Morgan fingerprint density at radius 3 is 2.43 bits per heavy atom. The van der Waals surface area contributed by atoms with E-state index in [9.17, 15) is 14.9 Å². The Balaban J connectivity index is 2.37. The van der Waals surface area contributed by atoms with Crippen LogP contribution < -0.4 is 14.8 Å². The van der Waals surface area contributed by atoms with Gasteiger partial charge in [-0.25, -0.2) is 0 Å². The lowest BCUT2D eigenvalue weighted by Crippen LogP contribution is -2.14. The topological polar surface area (TPSA) is 90.7 Å². The van der Waals surface area contributed by atoms with Crippen LogP contribution in [-0.2, 0) is 0 Å². The molecule has 120 valence electrons. The number of hydrogen-bond donors (Lipinski definition) is 1. The van der Waals surface area contributed by atoms with Crippen LogP contribution in [0.25, 0.3) is 0 Å². The maximum atomic E-state index is 12.5. The van der Waals surface area contributed by atoms with Crippen molar-refractivity contribution in [3.8, 4) is 11.5 Å². The highest BCUT2D eigenvalue weighted by molar-refractivity contribution is 6.07. The molecule has 1 N–H and O–H groups in total. The number of anilines is 1. The SMILES string of the molecule is COc1cccc(C(=O)Nc2cccc([N+](=O)[O-])c2C)c1OC. The van der Waals surface area contributed by atoms with Crippen molar-refractivity contribution in [2.45, 2.75) is 6.92 Å². The first kappa shape index (κ1) is 16.3. The number of para-hydroxylation sites is 1. The highest BCUT2D eigenvalue weighted by Gasteiger charge is 2.19. The molecule has 0 spiro atoms. The van der Waals surface area contributed by atoms with E-state index in [0.717, 1.165) is 0 Å². The summed E-state index contributed by atoms with van der Waals surface area (Å²) < 4.78 is 10.4. The summed E-state index contributed by atoms with van der Waals surface area (Å²) in [6.45, 7) is 1.58. The molecule has 0 aliphatic rings. The van der Waals surface area contributed by atoms with Crippen molar-refractivity contribution in [3.63, 3.8) is 0 Å². The molecular weight excluding hydrogens is 300 g/mol. The van der Waals surface area contributed by atoms with Crippen LogP contribution in [0.1, 0.15) is 15.9 Å². The van der Waals surface area contributed by atoms with E-state index in [0.29, 0.717) is 22.7 Å². The maximum Gasteiger partial charge on any atom is 0.274 e. The summed E-state index contributed by atoms with van der Waals surface area (Å²) in [5.41, 5.74) is 0.972. The fraction of sp³-hybridized carbons (Fsp3) is 0.188. The van der Waals surface area contributed by atoms with Gasteiger partial charge in [0.2, 0.25) is 0 Å². The van der Waals surface area contributed by atoms with Gasteiger partial charge >= 0.3 is 0 Å². The van der Waals surface area contributed by atoms with E-state index in [2.05, 4.69) is 5.32 Å². The summed E-state index contributed by atoms with van der Waals surface area (Å²) in [5, 5.41) is 13.6. The van der Waals surface area contributed by atoms with Crippen molar-refractivity contribution in [2.24, 2.45) is 0 Å². The van der Waals surface area contributed by atoms with E-state index < -0.39 is 10.8 Å². The highest BCUT2D eigenvalue weighted by atomic mass is 16.6. The molecule has 0 radical (unpaired) electrons. The zero-order valence-corrected chi connectivity index (χ0v) is 13.0. The van der Waals surface area contributed by atoms with Crippen molar-refractivity contribution in [2.75, 3.05) is 19.5 Å². The summed E-state index contributed by atoms with van der Waals surface area (Å²) in [4.78, 5) is 23.0. The maximum absolute atomic E-state index is 12.5. The fourth-order valence-corrected chi connectivity index (χ4v) is 2.21. The lowest BCUT2D eigenvalue weighted by molar-refractivity contribution is -0.385. The Morgan fingerprint density at radius 1 is 1.13 bits per heavy atom. The average Bonchev–Trinajstić information content (AvgIpc) is 2.55. The first-order chi connectivity index (χ1) is 11.0. The third-order valence-electron chi connectivity index (χ3n) is 3.40. The quantitative estimate of drug-likeness (QED) is 0.676. The molecule has 0 fully saturated rings. The molecule has 0 saturated carbocycles. The van der Waals surface area contributed by atoms with Gasteiger partial charge in [0.15, 0.2) is 11.5 Å². The number of nitro groups is 1. The predicted octanol–water partition coefficient (Wildman–Crippen LogP) is 3.17. The van der Waals surface area contributed by atoms with Crippen LogP contribution in [0.3, 0.4) is 0 Å². The number of rotatable bonds is 5. The van der Waals surface area contributed by atoms with Crippen molar-refractivity contribution in [3.05, 3.63) is 57.6 Å². The number of nitro benzene ring substituents is 1. The smallest absolute Gasteiger partial charge is 0.274 e. The van der Waals surface area contributed by atoms with Gasteiger partial charge in [-0.1, -0.05) is 12.1 Å². The van der Waals surface area contributed by atoms with Gasteiger partial charge in [-0.05, 0) is 25.1 Å². The number of ether oxygens (including phenoxy) is 2. The van der Waals surface area contributed by atoms with Gasteiger partial charge in [-0.3, -0.25) is 14.9 Å². The van der Waals surface area contributed by atoms with Crippen LogP contribution in [0.5, 0.6) is 11.5 Å². The Hall–Kier alpha value is -3.09. The first-order valence-electron chi connectivity index (χ1n) is 6.76. The van der Waals surface area contributed by atoms with Crippen molar-refractivity contribution in [1.29, 1.82) is 0 Å². The largest absolute Gasteiger partial charge is 0.493 e. The Morgan fingerprint density at radius 2 is 1.83 bits per heavy atom. The number of benzene rings is 2. The van der Waals surface area contributed by atoms with E-state index in [1.165, 1.54) is 26.4 Å². The minimum Gasteiger partial charge on any atom is -0.493 e. The molecule has 7 heteroatoms. The van der Waals surface area contributed by atoms with E-state index in [4.69, 9.17) is 9.47 Å². The Labute approximate surface area is 133 Å². The third-order valence-corrected chi connectivity index (χ3v) is 3.40. The molecule has 0 heterocycles. The molecule has 1 amide bonds. The number of amides is 1. The lowest BCUT2D eigenvalue weighted by atomic mass is 10.1. The first-order valence-corrected chi connectivity index (χ1v) is 6.76. The van der Waals surface area contributed by atoms with Gasteiger partial charge in [0.05, 0.1) is 36.0 Å². The molecule has 0 unspecified atom stereocenters. The van der Waals surface area contributed by atoms with Crippen LogP contribution in [0.4, 0.5) is 11.4 Å². The van der Waals surface area contributed by atoms with Gasteiger partial charge < -0.3 is 14.8 Å². The monoisotopic (exact) mass is 316 g/mol. The molecule has 2 aromatic rings. The molecule has 0 saturated heterocycles. The molecule has 7 nitrogen and oxygen atoms in total. The third kappa shape index (κ3) is 3.23. The van der Waals surface area contributed by atoms with Crippen LogP contribution >= 0.6 is 0 Å². The summed E-state index contributed by atoms with van der Waals surface area (Å²) in [6.07, 6.45) is 0. The summed E-state index contributed by atoms with van der Waals surface area (Å²) in [7, 11) is 2.91. The van der Waals surface area contributed by atoms with Gasteiger partial charge in [0.25, 0.3) is 11.6 Å². The number of nitrogens with one attached hydrogen (secondary N) is 1. The second kappa shape index (κ2) is 6.78. The number of carbonyl (C=O) groups is 1. The Kier molecular flexibility index (Phi) is 4.80. The molecule has 23 heavy (non-hydrogen) atoms. The van der Waals surface area contributed by atoms with Crippen LogP contribution in [0, 0.1) is 17.0 Å². The number of nitrogens with zero attached hydrogens (tertiary/aromatic N) is 1. The van der Waals surface area contributed by atoms with Gasteiger partial charge in [-0.15, -0.1) is 0 Å². The number of methoxy groups -OCH3 is 2. The van der Waals surface area contributed by atoms with E-state index >= 15 is 0 Å². The normalized spacial score (nSPS) is 10.0. The summed E-state index contributed by atoms with van der Waals surface area (Å²) in [5.74, 6) is 0.288. The zero-order valence-electron chi connectivity index (χ0n) is 13.0. The zero-order chi connectivity index (χ0) is 17.0. The average molecular weight is 316 g/mol. The second-order valence-electron chi connectivity index (χ2n) is 4.70. The van der Waals surface area contributed by atoms with Crippen LogP contribution in [-0.4, -0.2) is 25.1 Å². The van der Waals surface area contributed by atoms with Crippen molar-refractivity contribution in [1.82, 2.24) is 0 Å². The molecule has 0 aliphatic heterocycles. The van der Waals surface area contributed by atoms with Crippen molar-refractivity contribution >= 4 is 17.3 Å². The van der Waals surface area contributed by atoms with Crippen LogP contribution in [0.15, 0.2) is 36.4 Å². The minimum absolute atomic E-state index is 0.0552. The molecule has 0 aliphatic carbocycles. The lowest BCUT2D eigenvalue weighted by Gasteiger charge is -2.13. The van der Waals surface area contributed by atoms with E-state index in [1.54, 1.807) is 31.2 Å². The van der Waals surface area contributed by atoms with E-state index in [1.807, 2.05) is 0 Å². The minimum atomic E-state index is -0.489. The van der Waals surface area contributed by atoms with Gasteiger partial charge in [0.1, 0.15) is 0 Å². The van der Waals surface area contributed by atoms with Gasteiger partial charge in [0, 0.05) is 6.07 Å². The van der Waals surface area contributed by atoms with E-state index in [-0.39, 0.29) is 11.3 Å². The fourth-order valence-electron chi connectivity index (χ4n) is 2.21. The number of carbonyl (C=O) groups excluding carboxylic acids is 1. The van der Waals surface area contributed by atoms with Gasteiger partial charge in [-0.2, -0.15) is 0 Å². The molecule has 0 bridgehead atoms. The molecular formula is C16H16N2O5. The molecule has 0 atom stereocenters. The van der Waals surface area contributed by atoms with Crippen molar-refractivity contribution < 1.29 is 19.2 Å². The predicted molar refractivity (Wildman–Crippen MR) is 85.3 cm³/mol. The molecule has 2 rings (SSSR count). The second-order valence-corrected chi connectivity index (χ2v) is 4.70. The Bertz CT molecular complexity index is 758. The number of hydrogen-bond acceptors (Lipinski definition) is 5.